The lowest BCUT2D eigenvalue weighted by atomic mass is 10.1. The largest absolute Gasteiger partial charge is 0.472 e. The van der Waals surface area contributed by atoms with Crippen LogP contribution in [0.4, 0.5) is 0 Å². The van der Waals surface area contributed by atoms with Gasteiger partial charge in [0.15, 0.2) is 12.2 Å². The van der Waals surface area contributed by atoms with Gasteiger partial charge >= 0.3 is 33.6 Å². The third-order valence-electron chi connectivity index (χ3n) is 8.29. The van der Waals surface area contributed by atoms with Crippen LogP contribution in [0.3, 0.4) is 0 Å². The molecule has 0 radical (unpaired) electrons. The number of hydrogen-bond acceptors (Lipinski definition) is 15. The third kappa shape index (κ3) is 34.1. The van der Waals surface area contributed by atoms with Crippen LogP contribution in [0.25, 0.3) is 0 Å². The first-order valence-corrected chi connectivity index (χ1v) is 23.3. The molecule has 0 aliphatic rings. The summed E-state index contributed by atoms with van der Waals surface area (Å²) in [7, 11) is -9.76. The SMILES string of the molecule is CCCCCCCCC(=O)OC[C@H](COP(=O)(O)OC[C@@H](O)COP(=O)(O)OC[C@@H](COC=O)OC(=O)CCCCCCCC)OC(=O)CCCCCCCC. The molecule has 330 valence electrons. The zero-order valence-corrected chi connectivity index (χ0v) is 35.6. The number of aliphatic hydroxyl groups excluding tert-OH is 1. The number of hydrogen-bond donors (Lipinski definition) is 3. The molecule has 0 saturated carbocycles. The number of phosphoric acid groups is 2. The number of aliphatic hydroxyl groups is 1. The molecule has 0 amide bonds. The fourth-order valence-electron chi connectivity index (χ4n) is 5.11. The van der Waals surface area contributed by atoms with Crippen molar-refractivity contribution < 1.29 is 80.2 Å². The summed E-state index contributed by atoms with van der Waals surface area (Å²) in [5, 5.41) is 10.2. The van der Waals surface area contributed by atoms with Gasteiger partial charge in [0.2, 0.25) is 0 Å². The first kappa shape index (κ1) is 54.1. The number of ether oxygens (including phenoxy) is 4. The molecule has 0 aromatic carbocycles. The van der Waals surface area contributed by atoms with Gasteiger partial charge in [-0.1, -0.05) is 117 Å². The van der Waals surface area contributed by atoms with Crippen LogP contribution in [0.15, 0.2) is 0 Å². The van der Waals surface area contributed by atoms with Crippen molar-refractivity contribution in [2.45, 2.75) is 174 Å². The molecule has 0 aromatic rings. The number of carbonyl (C=O) groups is 4. The van der Waals surface area contributed by atoms with E-state index in [-0.39, 0.29) is 25.7 Å². The predicted octanol–water partition coefficient (Wildman–Crippen LogP) is 7.41. The Balaban J connectivity index is 4.91. The van der Waals surface area contributed by atoms with Crippen molar-refractivity contribution in [3.8, 4) is 0 Å². The van der Waals surface area contributed by atoms with E-state index in [1.165, 1.54) is 0 Å². The van der Waals surface area contributed by atoms with Crippen molar-refractivity contribution in [2.24, 2.45) is 0 Å². The van der Waals surface area contributed by atoms with E-state index in [0.29, 0.717) is 19.3 Å². The normalized spacial score (nSPS) is 15.2. The van der Waals surface area contributed by atoms with Gasteiger partial charge in [-0.25, -0.2) is 9.13 Å². The highest BCUT2D eigenvalue weighted by molar-refractivity contribution is 7.47. The van der Waals surface area contributed by atoms with Crippen LogP contribution >= 0.6 is 15.6 Å². The summed E-state index contributed by atoms with van der Waals surface area (Å²) in [5.41, 5.74) is 0. The Bertz CT molecular complexity index is 1120. The lowest BCUT2D eigenvalue weighted by Gasteiger charge is -2.21. The van der Waals surface area contributed by atoms with E-state index in [4.69, 9.17) is 32.3 Å². The minimum atomic E-state index is -4.89. The summed E-state index contributed by atoms with van der Waals surface area (Å²) in [4.78, 5) is 67.9. The first-order valence-electron chi connectivity index (χ1n) is 20.3. The highest BCUT2D eigenvalue weighted by Gasteiger charge is 2.30. The minimum Gasteiger partial charge on any atom is -0.464 e. The first-order chi connectivity index (χ1) is 26.8. The molecule has 56 heavy (non-hydrogen) atoms. The Morgan fingerprint density at radius 1 is 0.500 bits per heavy atom. The Morgan fingerprint density at radius 3 is 1.23 bits per heavy atom. The van der Waals surface area contributed by atoms with Crippen molar-refractivity contribution in [1.82, 2.24) is 0 Å². The van der Waals surface area contributed by atoms with E-state index in [1.807, 2.05) is 0 Å². The van der Waals surface area contributed by atoms with Gasteiger partial charge in [0.25, 0.3) is 6.47 Å². The lowest BCUT2D eigenvalue weighted by Crippen LogP contribution is -2.30. The average molecular weight is 849 g/mol. The molecule has 0 bridgehead atoms. The number of unbranched alkanes of at least 4 members (excludes halogenated alkanes) is 15. The van der Waals surface area contributed by atoms with Gasteiger partial charge in [0.1, 0.15) is 19.3 Å². The van der Waals surface area contributed by atoms with E-state index < -0.39 is 91.5 Å². The molecule has 0 rings (SSSR count). The quantitative estimate of drug-likeness (QED) is 0.0179. The maximum absolute atomic E-state index is 12.6. The molecule has 0 spiro atoms. The van der Waals surface area contributed by atoms with Gasteiger partial charge in [0, 0.05) is 19.3 Å². The van der Waals surface area contributed by atoms with Crippen LogP contribution in [-0.4, -0.2) is 97.2 Å². The minimum absolute atomic E-state index is 0.0967. The molecular formula is C37H70O17P2. The van der Waals surface area contributed by atoms with Crippen molar-refractivity contribution >= 4 is 40.0 Å². The topological polar surface area (TPSA) is 237 Å². The van der Waals surface area contributed by atoms with Gasteiger partial charge in [-0.2, -0.15) is 0 Å². The van der Waals surface area contributed by atoms with E-state index in [1.54, 1.807) is 0 Å². The van der Waals surface area contributed by atoms with Crippen molar-refractivity contribution in [3.05, 3.63) is 0 Å². The number of esters is 3. The molecule has 3 N–H and O–H groups in total. The highest BCUT2D eigenvalue weighted by atomic mass is 31.2. The third-order valence-corrected chi connectivity index (χ3v) is 10.2. The van der Waals surface area contributed by atoms with Crippen molar-refractivity contribution in [1.29, 1.82) is 0 Å². The number of carbonyl (C=O) groups excluding carboxylic acids is 4. The Kier molecular flexibility index (Phi) is 33.8. The van der Waals surface area contributed by atoms with Gasteiger partial charge in [0.05, 0.1) is 26.4 Å². The van der Waals surface area contributed by atoms with E-state index in [2.05, 4.69) is 25.5 Å². The van der Waals surface area contributed by atoms with Crippen LogP contribution in [-0.2, 0) is 65.4 Å². The van der Waals surface area contributed by atoms with E-state index in [9.17, 15) is 43.2 Å². The van der Waals surface area contributed by atoms with Crippen LogP contribution in [0.5, 0.6) is 0 Å². The summed E-state index contributed by atoms with van der Waals surface area (Å²) < 4.78 is 64.7. The Labute approximate surface area is 333 Å². The van der Waals surface area contributed by atoms with Crippen LogP contribution < -0.4 is 0 Å². The van der Waals surface area contributed by atoms with Crippen molar-refractivity contribution in [3.63, 3.8) is 0 Å². The zero-order chi connectivity index (χ0) is 41.9. The highest BCUT2D eigenvalue weighted by Crippen LogP contribution is 2.45. The van der Waals surface area contributed by atoms with Crippen LogP contribution in [0.2, 0.25) is 0 Å². The predicted molar refractivity (Wildman–Crippen MR) is 206 cm³/mol. The lowest BCUT2D eigenvalue weighted by molar-refractivity contribution is -0.161. The summed E-state index contributed by atoms with van der Waals surface area (Å²) >= 11 is 0. The van der Waals surface area contributed by atoms with Crippen molar-refractivity contribution in [2.75, 3.05) is 39.6 Å². The van der Waals surface area contributed by atoms with Gasteiger partial charge < -0.3 is 33.8 Å². The Hall–Kier alpha value is -1.94. The van der Waals surface area contributed by atoms with E-state index in [0.717, 1.165) is 96.3 Å². The molecule has 5 atom stereocenters. The monoisotopic (exact) mass is 848 g/mol. The van der Waals surface area contributed by atoms with E-state index >= 15 is 0 Å². The Morgan fingerprint density at radius 2 is 0.839 bits per heavy atom. The molecule has 0 saturated heterocycles. The number of rotatable bonds is 40. The molecule has 19 heteroatoms. The molecule has 0 aromatic heterocycles. The zero-order valence-electron chi connectivity index (χ0n) is 33.9. The smallest absolute Gasteiger partial charge is 0.464 e. The summed E-state index contributed by atoms with van der Waals surface area (Å²) in [6.45, 7) is 2.41. The molecule has 0 heterocycles. The maximum Gasteiger partial charge on any atom is 0.472 e. The molecular weight excluding hydrogens is 778 g/mol. The van der Waals surface area contributed by atoms with Gasteiger partial charge in [-0.05, 0) is 19.3 Å². The van der Waals surface area contributed by atoms with Gasteiger partial charge in [-0.3, -0.25) is 37.3 Å². The molecule has 0 aliphatic heterocycles. The molecule has 0 aliphatic carbocycles. The molecule has 0 fully saturated rings. The summed E-state index contributed by atoms with van der Waals surface area (Å²) in [6.07, 6.45) is 13.3. The summed E-state index contributed by atoms with van der Waals surface area (Å²) in [5.74, 6) is -1.71. The van der Waals surface area contributed by atoms with Crippen LogP contribution in [0.1, 0.15) is 156 Å². The fourth-order valence-corrected chi connectivity index (χ4v) is 6.69. The average Bonchev–Trinajstić information content (AvgIpc) is 3.16. The summed E-state index contributed by atoms with van der Waals surface area (Å²) in [6, 6.07) is 0. The van der Waals surface area contributed by atoms with Crippen LogP contribution in [0, 0.1) is 0 Å². The second-order valence-corrected chi connectivity index (χ2v) is 16.6. The van der Waals surface area contributed by atoms with Gasteiger partial charge in [-0.15, -0.1) is 0 Å². The standard InChI is InChI=1S/C37H70O17P2/c1-4-7-10-13-16-19-22-35(40)48-28-34(54-37(42)24-21-18-15-12-9-6-3)30-52-56(45,46)50-26-32(39)25-49-55(43,44)51-29-33(27-47-31-38)53-36(41)23-20-17-14-11-8-5-2/h31-34,39H,4-30H2,1-3H3,(H,43,44)(H,45,46)/t32-,33+,34+/m0/s1. The molecule has 2 unspecified atom stereocenters. The second-order valence-electron chi connectivity index (χ2n) is 13.7. The molecule has 17 nitrogen and oxygen atoms in total. The maximum atomic E-state index is 12.6. The second kappa shape index (κ2) is 35.0. The number of phosphoric ester groups is 2. The fraction of sp³-hybridized carbons (Fsp3) is 0.892.